The summed E-state index contributed by atoms with van der Waals surface area (Å²) in [6.45, 7) is 0. The smallest absolute Gasteiger partial charge is 0.159 e. The van der Waals surface area contributed by atoms with Gasteiger partial charge in [0.25, 0.3) is 0 Å². The molecule has 0 aliphatic heterocycles. The molecule has 0 unspecified atom stereocenters. The summed E-state index contributed by atoms with van der Waals surface area (Å²) in [5.41, 5.74) is 0.779. The van der Waals surface area contributed by atoms with Crippen molar-refractivity contribution >= 4 is 11.0 Å². The van der Waals surface area contributed by atoms with E-state index in [0.717, 1.165) is 11.0 Å². The van der Waals surface area contributed by atoms with E-state index in [4.69, 9.17) is 0 Å². The number of rotatable bonds is 0. The van der Waals surface area contributed by atoms with Crippen LogP contribution in [0, 0.1) is 6.07 Å². The van der Waals surface area contributed by atoms with Gasteiger partial charge in [0.1, 0.15) is 0 Å². The van der Waals surface area contributed by atoms with Gasteiger partial charge in [-0.15, -0.1) is 0 Å². The predicted octanol–water partition coefficient (Wildman–Crippen LogP) is 1.43. The van der Waals surface area contributed by atoms with E-state index in [2.05, 4.69) is 16.0 Å². The summed E-state index contributed by atoms with van der Waals surface area (Å²) >= 11 is 0. The zero-order valence-electron chi connectivity index (χ0n) is 5.28. The summed E-state index contributed by atoms with van der Waals surface area (Å²) in [5, 5.41) is 1.03. The molecule has 0 spiro atoms. The van der Waals surface area contributed by atoms with Crippen LogP contribution in [-0.2, 0) is 0 Å². The highest BCUT2D eigenvalue weighted by Crippen LogP contribution is 2.04. The first-order chi connectivity index (χ1) is 4.97. The number of hydrogen-bond acceptors (Lipinski definition) is 2. The molecule has 0 atom stereocenters. The van der Waals surface area contributed by atoms with Gasteiger partial charge < -0.3 is 0 Å². The van der Waals surface area contributed by atoms with Gasteiger partial charge in [0.05, 0.1) is 0 Å². The van der Waals surface area contributed by atoms with Gasteiger partial charge in [0.2, 0.25) is 0 Å². The maximum absolute atomic E-state index is 4.05. The predicted molar refractivity (Wildman–Crippen MR) is 38.4 cm³/mol. The maximum Gasteiger partial charge on any atom is 0.159 e. The SMILES string of the molecule is [c]1cnc2ncccc2c1. The summed E-state index contributed by atoms with van der Waals surface area (Å²) in [5.74, 6) is 0. The second-order valence-corrected chi connectivity index (χ2v) is 1.99. The van der Waals surface area contributed by atoms with Crippen LogP contribution < -0.4 is 0 Å². The molecule has 2 aromatic heterocycles. The van der Waals surface area contributed by atoms with Crippen LogP contribution in [0.15, 0.2) is 30.6 Å². The van der Waals surface area contributed by atoms with Crippen molar-refractivity contribution in [2.75, 3.05) is 0 Å². The molecule has 0 aliphatic carbocycles. The lowest BCUT2D eigenvalue weighted by Crippen LogP contribution is -1.79. The van der Waals surface area contributed by atoms with Gasteiger partial charge >= 0.3 is 0 Å². The first-order valence-corrected chi connectivity index (χ1v) is 3.03. The molecule has 0 amide bonds. The number of nitrogens with zero attached hydrogens (tertiary/aromatic N) is 2. The Bertz CT molecular complexity index is 278. The van der Waals surface area contributed by atoms with Crippen molar-refractivity contribution in [3.63, 3.8) is 0 Å². The third kappa shape index (κ3) is 0.739. The summed E-state index contributed by atoms with van der Waals surface area (Å²) in [4.78, 5) is 8.06. The highest BCUT2D eigenvalue weighted by atomic mass is 14.8. The molecule has 2 nitrogen and oxygen atoms in total. The fourth-order valence-corrected chi connectivity index (χ4v) is 0.855. The van der Waals surface area contributed by atoms with Gasteiger partial charge in [-0.25, -0.2) is 9.97 Å². The molecule has 10 heavy (non-hydrogen) atoms. The van der Waals surface area contributed by atoms with Crippen LogP contribution in [-0.4, -0.2) is 9.97 Å². The Labute approximate surface area is 58.6 Å². The van der Waals surface area contributed by atoms with Crippen LogP contribution in [0.2, 0.25) is 0 Å². The lowest BCUT2D eigenvalue weighted by molar-refractivity contribution is 1.28. The normalized spacial score (nSPS) is 10.0. The van der Waals surface area contributed by atoms with Gasteiger partial charge in [0.15, 0.2) is 5.65 Å². The van der Waals surface area contributed by atoms with Gasteiger partial charge in [-0.1, -0.05) is 0 Å². The minimum absolute atomic E-state index is 0.779. The van der Waals surface area contributed by atoms with Gasteiger partial charge in [-0.05, 0) is 18.2 Å². The third-order valence-corrected chi connectivity index (χ3v) is 1.32. The molecule has 2 rings (SSSR count). The first-order valence-electron chi connectivity index (χ1n) is 3.03. The van der Waals surface area contributed by atoms with E-state index in [9.17, 15) is 0 Å². The average molecular weight is 129 g/mol. The minimum atomic E-state index is 0.779. The zero-order valence-corrected chi connectivity index (χ0v) is 5.28. The monoisotopic (exact) mass is 129 g/mol. The van der Waals surface area contributed by atoms with Crippen molar-refractivity contribution < 1.29 is 0 Å². The maximum atomic E-state index is 4.05. The van der Waals surface area contributed by atoms with Gasteiger partial charge in [-0.3, -0.25) is 0 Å². The van der Waals surface area contributed by atoms with E-state index in [1.807, 2.05) is 18.2 Å². The van der Waals surface area contributed by atoms with Crippen molar-refractivity contribution in [3.8, 4) is 0 Å². The van der Waals surface area contributed by atoms with Crippen molar-refractivity contribution in [1.29, 1.82) is 0 Å². The Morgan fingerprint density at radius 2 is 2.30 bits per heavy atom. The molecule has 0 aliphatic rings. The second-order valence-electron chi connectivity index (χ2n) is 1.99. The number of fused-ring (bicyclic) bond motifs is 1. The van der Waals surface area contributed by atoms with Crippen molar-refractivity contribution in [2.45, 2.75) is 0 Å². The summed E-state index contributed by atoms with van der Waals surface area (Å²) in [6, 6.07) is 8.61. The van der Waals surface area contributed by atoms with E-state index >= 15 is 0 Å². The zero-order chi connectivity index (χ0) is 6.81. The van der Waals surface area contributed by atoms with E-state index in [1.54, 1.807) is 12.4 Å². The van der Waals surface area contributed by atoms with E-state index in [1.165, 1.54) is 0 Å². The van der Waals surface area contributed by atoms with Gasteiger partial charge in [0, 0.05) is 23.8 Å². The van der Waals surface area contributed by atoms with Crippen LogP contribution in [0.3, 0.4) is 0 Å². The number of aromatic nitrogens is 2. The summed E-state index contributed by atoms with van der Waals surface area (Å²) in [6.07, 6.45) is 3.35. The topological polar surface area (TPSA) is 25.8 Å². The van der Waals surface area contributed by atoms with E-state index in [-0.39, 0.29) is 0 Å². The Hall–Kier alpha value is -1.44. The molecular formula is C8H5N2. The summed E-state index contributed by atoms with van der Waals surface area (Å²) in [7, 11) is 0. The van der Waals surface area contributed by atoms with Crippen LogP contribution in [0.25, 0.3) is 11.0 Å². The van der Waals surface area contributed by atoms with Crippen molar-refractivity contribution in [2.24, 2.45) is 0 Å². The lowest BCUT2D eigenvalue weighted by Gasteiger charge is -1.90. The van der Waals surface area contributed by atoms with Crippen LogP contribution >= 0.6 is 0 Å². The fraction of sp³-hybridized carbons (Fsp3) is 0. The molecule has 0 bridgehead atoms. The quantitative estimate of drug-likeness (QED) is 0.537. The molecule has 0 aromatic carbocycles. The molecule has 2 aromatic rings. The van der Waals surface area contributed by atoms with Crippen molar-refractivity contribution in [1.82, 2.24) is 9.97 Å². The molecule has 2 heterocycles. The second kappa shape index (κ2) is 2.06. The Morgan fingerprint density at radius 3 is 3.20 bits per heavy atom. The number of pyridine rings is 2. The van der Waals surface area contributed by atoms with Crippen molar-refractivity contribution in [3.05, 3.63) is 36.7 Å². The lowest BCUT2D eigenvalue weighted by atomic mass is 10.3. The minimum Gasteiger partial charge on any atom is -0.237 e. The molecule has 0 saturated carbocycles. The Morgan fingerprint density at radius 1 is 1.30 bits per heavy atom. The Kier molecular flexibility index (Phi) is 1.10. The fourth-order valence-electron chi connectivity index (χ4n) is 0.855. The average Bonchev–Trinajstić information content (AvgIpc) is 2.05. The Balaban J connectivity index is 2.89. The van der Waals surface area contributed by atoms with Crippen LogP contribution in [0.5, 0.6) is 0 Å². The number of hydrogen-bond donors (Lipinski definition) is 0. The molecule has 0 saturated heterocycles. The highest BCUT2D eigenvalue weighted by Gasteiger charge is 1.88. The molecule has 0 N–H and O–H groups in total. The van der Waals surface area contributed by atoms with Crippen LogP contribution in [0.1, 0.15) is 0 Å². The summed E-state index contributed by atoms with van der Waals surface area (Å²) < 4.78 is 0. The third-order valence-electron chi connectivity index (χ3n) is 1.32. The van der Waals surface area contributed by atoms with Crippen LogP contribution in [0.4, 0.5) is 0 Å². The molecule has 0 fully saturated rings. The molecular weight excluding hydrogens is 124 g/mol. The molecule has 47 valence electrons. The van der Waals surface area contributed by atoms with E-state index in [0.29, 0.717) is 0 Å². The molecule has 2 heteroatoms. The highest BCUT2D eigenvalue weighted by molar-refractivity contribution is 5.73. The molecule has 1 radical (unpaired) electrons. The van der Waals surface area contributed by atoms with E-state index < -0.39 is 0 Å². The van der Waals surface area contributed by atoms with Gasteiger partial charge in [-0.2, -0.15) is 0 Å². The first kappa shape index (κ1) is 5.35. The largest absolute Gasteiger partial charge is 0.237 e. The standard InChI is InChI=1S/C8H5N2/c1-3-7-4-2-6-10-8(7)9-5-1/h1,3-6H.